The fraction of sp³-hybridized carbons (Fsp3) is 0.500. The molecule has 0 bridgehead atoms. The van der Waals surface area contributed by atoms with E-state index in [1.807, 2.05) is 27.0 Å². The maximum absolute atomic E-state index is 9.56. The van der Waals surface area contributed by atoms with Crippen molar-refractivity contribution >= 4 is 5.82 Å². The molecule has 0 aliphatic rings. The molecule has 1 rings (SSSR count). The van der Waals surface area contributed by atoms with Crippen LogP contribution >= 0.6 is 0 Å². The van der Waals surface area contributed by atoms with Crippen molar-refractivity contribution in [2.24, 2.45) is 0 Å². The summed E-state index contributed by atoms with van der Waals surface area (Å²) in [6.07, 6.45) is 2.05. The largest absolute Gasteiger partial charge is 0.388 e. The number of nitrogens with zero attached hydrogens (tertiary/aromatic N) is 1. The van der Waals surface area contributed by atoms with E-state index in [1.54, 1.807) is 6.20 Å². The Bertz CT molecular complexity index is 286. The Morgan fingerprint density at radius 1 is 1.62 bits per heavy atom. The summed E-state index contributed by atoms with van der Waals surface area (Å²) in [6, 6.07) is 1.97. The lowest BCUT2D eigenvalue weighted by Crippen LogP contribution is -2.00. The predicted molar refractivity (Wildman–Crippen MR) is 53.8 cm³/mol. The average Bonchev–Trinajstić information content (AvgIpc) is 2.16. The lowest BCUT2D eigenvalue weighted by atomic mass is 10.1. The fourth-order valence-electron chi connectivity index (χ4n) is 1.28. The highest BCUT2D eigenvalue weighted by Crippen LogP contribution is 2.19. The Balaban J connectivity index is 2.95. The van der Waals surface area contributed by atoms with Crippen molar-refractivity contribution < 1.29 is 5.11 Å². The molecule has 0 aliphatic heterocycles. The summed E-state index contributed by atoms with van der Waals surface area (Å²) >= 11 is 0. The lowest BCUT2D eigenvalue weighted by Gasteiger charge is -2.10. The topological polar surface area (TPSA) is 45.2 Å². The van der Waals surface area contributed by atoms with Crippen LogP contribution in [-0.2, 0) is 0 Å². The smallest absolute Gasteiger partial charge is 0.128 e. The molecular weight excluding hydrogens is 164 g/mol. The molecule has 0 radical (unpaired) electrons. The number of rotatable bonds is 3. The molecule has 0 aromatic carbocycles. The molecule has 1 aromatic rings. The van der Waals surface area contributed by atoms with E-state index in [0.29, 0.717) is 0 Å². The molecule has 0 unspecified atom stereocenters. The number of aliphatic hydroxyl groups excluding tert-OH is 1. The summed E-state index contributed by atoms with van der Waals surface area (Å²) in [5.41, 5.74) is 1.95. The molecule has 72 valence electrons. The second-order valence-electron chi connectivity index (χ2n) is 3.11. The Kier molecular flexibility index (Phi) is 3.25. The van der Waals surface area contributed by atoms with Crippen LogP contribution in [0.5, 0.6) is 0 Å². The third-order valence-electron chi connectivity index (χ3n) is 2.11. The highest BCUT2D eigenvalue weighted by atomic mass is 16.3. The predicted octanol–water partition coefficient (Wildman–Crippen LogP) is 1.88. The summed E-state index contributed by atoms with van der Waals surface area (Å²) in [5, 5.41) is 12.5. The molecule has 0 aliphatic carbocycles. The number of nitrogens with one attached hydrogen (secondary N) is 1. The molecule has 1 atom stereocenters. The number of anilines is 1. The van der Waals surface area contributed by atoms with E-state index in [9.17, 15) is 5.11 Å². The first-order valence-corrected chi connectivity index (χ1v) is 4.51. The molecule has 0 fully saturated rings. The number of hydrogen-bond acceptors (Lipinski definition) is 3. The minimum absolute atomic E-state index is 0.392. The number of pyridine rings is 1. The van der Waals surface area contributed by atoms with Gasteiger partial charge in [-0.1, -0.05) is 6.92 Å². The van der Waals surface area contributed by atoms with E-state index in [0.717, 1.165) is 23.4 Å². The Labute approximate surface area is 78.8 Å². The number of aliphatic hydroxyl groups is 1. The SMILES string of the molecule is CC[C@H](O)c1cnc(NC)c(C)c1. The summed E-state index contributed by atoms with van der Waals surface area (Å²) in [5.74, 6) is 0.868. The van der Waals surface area contributed by atoms with Crippen LogP contribution in [0.1, 0.15) is 30.6 Å². The van der Waals surface area contributed by atoms with Gasteiger partial charge in [-0.3, -0.25) is 0 Å². The lowest BCUT2D eigenvalue weighted by molar-refractivity contribution is 0.173. The molecule has 2 N–H and O–H groups in total. The van der Waals surface area contributed by atoms with Gasteiger partial charge in [0.25, 0.3) is 0 Å². The van der Waals surface area contributed by atoms with Crippen molar-refractivity contribution in [1.29, 1.82) is 0 Å². The number of aryl methyl sites for hydroxylation is 1. The van der Waals surface area contributed by atoms with Gasteiger partial charge in [0, 0.05) is 13.2 Å². The van der Waals surface area contributed by atoms with Crippen LogP contribution in [0.2, 0.25) is 0 Å². The van der Waals surface area contributed by atoms with Crippen molar-refractivity contribution in [3.8, 4) is 0 Å². The Morgan fingerprint density at radius 2 is 2.31 bits per heavy atom. The fourth-order valence-corrected chi connectivity index (χ4v) is 1.28. The van der Waals surface area contributed by atoms with Crippen molar-refractivity contribution in [1.82, 2.24) is 4.98 Å². The molecular formula is C10H16N2O. The third-order valence-corrected chi connectivity index (χ3v) is 2.11. The molecule has 3 nitrogen and oxygen atoms in total. The minimum atomic E-state index is -0.392. The van der Waals surface area contributed by atoms with Crippen molar-refractivity contribution in [3.63, 3.8) is 0 Å². The van der Waals surface area contributed by atoms with Gasteiger partial charge in [0.15, 0.2) is 0 Å². The van der Waals surface area contributed by atoms with Crippen LogP contribution in [0, 0.1) is 6.92 Å². The van der Waals surface area contributed by atoms with E-state index in [2.05, 4.69) is 10.3 Å². The Hall–Kier alpha value is -1.09. The van der Waals surface area contributed by atoms with Gasteiger partial charge >= 0.3 is 0 Å². The Morgan fingerprint density at radius 3 is 2.77 bits per heavy atom. The zero-order valence-electron chi connectivity index (χ0n) is 8.33. The number of hydrogen-bond donors (Lipinski definition) is 2. The quantitative estimate of drug-likeness (QED) is 0.746. The standard InChI is InChI=1S/C10H16N2O/c1-4-9(13)8-5-7(2)10(11-3)12-6-8/h5-6,9,13H,4H2,1-3H3,(H,11,12)/t9-/m0/s1. The number of aromatic nitrogens is 1. The summed E-state index contributed by atoms with van der Waals surface area (Å²) in [4.78, 5) is 4.19. The monoisotopic (exact) mass is 180 g/mol. The van der Waals surface area contributed by atoms with Crippen LogP contribution in [0.3, 0.4) is 0 Å². The van der Waals surface area contributed by atoms with Crippen molar-refractivity contribution in [2.45, 2.75) is 26.4 Å². The van der Waals surface area contributed by atoms with Crippen molar-refractivity contribution in [2.75, 3.05) is 12.4 Å². The van der Waals surface area contributed by atoms with E-state index >= 15 is 0 Å². The minimum Gasteiger partial charge on any atom is -0.388 e. The highest BCUT2D eigenvalue weighted by molar-refractivity contribution is 5.44. The molecule has 0 spiro atoms. The van der Waals surface area contributed by atoms with Gasteiger partial charge in [0.2, 0.25) is 0 Å². The zero-order chi connectivity index (χ0) is 9.84. The van der Waals surface area contributed by atoms with Gasteiger partial charge < -0.3 is 10.4 Å². The van der Waals surface area contributed by atoms with Gasteiger partial charge in [-0.15, -0.1) is 0 Å². The first kappa shape index (κ1) is 9.99. The average molecular weight is 180 g/mol. The zero-order valence-corrected chi connectivity index (χ0v) is 8.33. The first-order valence-electron chi connectivity index (χ1n) is 4.51. The van der Waals surface area contributed by atoms with Gasteiger partial charge in [0.05, 0.1) is 6.10 Å². The molecule has 13 heavy (non-hydrogen) atoms. The maximum Gasteiger partial charge on any atom is 0.128 e. The van der Waals surface area contributed by atoms with Gasteiger partial charge in [-0.05, 0) is 30.5 Å². The van der Waals surface area contributed by atoms with Crippen LogP contribution in [0.4, 0.5) is 5.82 Å². The summed E-state index contributed by atoms with van der Waals surface area (Å²) < 4.78 is 0. The second kappa shape index (κ2) is 4.23. The van der Waals surface area contributed by atoms with Crippen LogP contribution in [-0.4, -0.2) is 17.1 Å². The molecule has 0 amide bonds. The summed E-state index contributed by atoms with van der Waals surface area (Å²) in [7, 11) is 1.84. The normalized spacial score (nSPS) is 12.6. The van der Waals surface area contributed by atoms with Crippen LogP contribution in [0.15, 0.2) is 12.3 Å². The van der Waals surface area contributed by atoms with Crippen LogP contribution < -0.4 is 5.32 Å². The maximum atomic E-state index is 9.56. The summed E-state index contributed by atoms with van der Waals surface area (Å²) in [6.45, 7) is 3.93. The second-order valence-corrected chi connectivity index (χ2v) is 3.11. The van der Waals surface area contributed by atoms with E-state index in [-0.39, 0.29) is 0 Å². The first-order chi connectivity index (χ1) is 6.19. The molecule has 0 saturated heterocycles. The van der Waals surface area contributed by atoms with Gasteiger partial charge in [0.1, 0.15) is 5.82 Å². The highest BCUT2D eigenvalue weighted by Gasteiger charge is 2.06. The van der Waals surface area contributed by atoms with E-state index in [1.165, 1.54) is 0 Å². The van der Waals surface area contributed by atoms with E-state index in [4.69, 9.17) is 0 Å². The van der Waals surface area contributed by atoms with Gasteiger partial charge in [-0.25, -0.2) is 4.98 Å². The molecule has 1 heterocycles. The molecule has 3 heteroatoms. The van der Waals surface area contributed by atoms with Gasteiger partial charge in [-0.2, -0.15) is 0 Å². The van der Waals surface area contributed by atoms with Crippen LogP contribution in [0.25, 0.3) is 0 Å². The third kappa shape index (κ3) is 2.18. The van der Waals surface area contributed by atoms with E-state index < -0.39 is 6.10 Å². The molecule has 0 saturated carbocycles. The van der Waals surface area contributed by atoms with Crippen molar-refractivity contribution in [3.05, 3.63) is 23.4 Å². The molecule has 1 aromatic heterocycles.